The molecule has 1 aromatic carbocycles. The Kier molecular flexibility index (Phi) is 5.94. The number of pyridine rings is 1. The standard InChI is InChI=1S/C19H26N2/c1-4-16(5-2)19(17-9-7-6-8-10-17)21-14-18-12-11-15(3)13-20-18/h6-13,16,19,21H,4-5,14H2,1-3H3. The lowest BCUT2D eigenvalue weighted by Gasteiger charge is -2.27. The van der Waals surface area contributed by atoms with Crippen molar-refractivity contribution in [1.82, 2.24) is 10.3 Å². The van der Waals surface area contributed by atoms with E-state index in [9.17, 15) is 0 Å². The highest BCUT2D eigenvalue weighted by molar-refractivity contribution is 5.20. The SMILES string of the molecule is CCC(CC)C(NCc1ccc(C)cn1)c1ccccc1. The third kappa shape index (κ3) is 4.40. The number of benzene rings is 1. The topological polar surface area (TPSA) is 24.9 Å². The molecule has 1 heterocycles. The lowest BCUT2D eigenvalue weighted by atomic mass is 9.89. The molecule has 0 fully saturated rings. The lowest BCUT2D eigenvalue weighted by molar-refractivity contribution is 0.338. The van der Waals surface area contributed by atoms with Gasteiger partial charge in [0.05, 0.1) is 5.69 Å². The summed E-state index contributed by atoms with van der Waals surface area (Å²) in [6.45, 7) is 7.43. The van der Waals surface area contributed by atoms with Crippen LogP contribution in [0.5, 0.6) is 0 Å². The zero-order chi connectivity index (χ0) is 15.1. The van der Waals surface area contributed by atoms with Crippen molar-refractivity contribution in [3.05, 3.63) is 65.5 Å². The largest absolute Gasteiger partial charge is 0.304 e. The average Bonchev–Trinajstić information content (AvgIpc) is 2.54. The highest BCUT2D eigenvalue weighted by Crippen LogP contribution is 2.27. The summed E-state index contributed by atoms with van der Waals surface area (Å²) in [4.78, 5) is 4.49. The van der Waals surface area contributed by atoms with Crippen molar-refractivity contribution in [3.63, 3.8) is 0 Å². The van der Waals surface area contributed by atoms with Crippen LogP contribution in [0.2, 0.25) is 0 Å². The molecular weight excluding hydrogens is 256 g/mol. The third-order valence-electron chi connectivity index (χ3n) is 4.15. The number of rotatable bonds is 7. The fourth-order valence-corrected chi connectivity index (χ4v) is 2.79. The zero-order valence-electron chi connectivity index (χ0n) is 13.3. The highest BCUT2D eigenvalue weighted by Gasteiger charge is 2.19. The van der Waals surface area contributed by atoms with Gasteiger partial charge in [0.1, 0.15) is 0 Å². The Hall–Kier alpha value is -1.67. The van der Waals surface area contributed by atoms with Crippen LogP contribution in [-0.4, -0.2) is 4.98 Å². The van der Waals surface area contributed by atoms with Gasteiger partial charge < -0.3 is 5.32 Å². The molecule has 0 aliphatic rings. The van der Waals surface area contributed by atoms with Gasteiger partial charge in [-0.1, -0.05) is 63.1 Å². The van der Waals surface area contributed by atoms with E-state index in [1.165, 1.54) is 24.0 Å². The molecule has 0 saturated carbocycles. The first-order valence-corrected chi connectivity index (χ1v) is 7.94. The summed E-state index contributed by atoms with van der Waals surface area (Å²) in [5.41, 5.74) is 3.68. The van der Waals surface area contributed by atoms with Crippen LogP contribution < -0.4 is 5.32 Å². The van der Waals surface area contributed by atoms with Crippen molar-refractivity contribution in [1.29, 1.82) is 0 Å². The predicted octanol–water partition coefficient (Wildman–Crippen LogP) is 4.66. The Labute approximate surface area is 128 Å². The van der Waals surface area contributed by atoms with E-state index in [-0.39, 0.29) is 0 Å². The van der Waals surface area contributed by atoms with Gasteiger partial charge >= 0.3 is 0 Å². The Morgan fingerprint density at radius 1 is 1.00 bits per heavy atom. The minimum atomic E-state index is 0.393. The summed E-state index contributed by atoms with van der Waals surface area (Å²) < 4.78 is 0. The van der Waals surface area contributed by atoms with Crippen molar-refractivity contribution >= 4 is 0 Å². The summed E-state index contributed by atoms with van der Waals surface area (Å²) >= 11 is 0. The minimum absolute atomic E-state index is 0.393. The van der Waals surface area contributed by atoms with Gasteiger partial charge in [-0.05, 0) is 30.0 Å². The second-order valence-corrected chi connectivity index (χ2v) is 5.67. The summed E-state index contributed by atoms with van der Waals surface area (Å²) in [7, 11) is 0. The maximum Gasteiger partial charge on any atom is 0.0542 e. The number of hydrogen-bond acceptors (Lipinski definition) is 2. The molecule has 0 spiro atoms. The molecule has 0 saturated heterocycles. The van der Waals surface area contributed by atoms with Crippen LogP contribution in [0.3, 0.4) is 0 Å². The number of aryl methyl sites for hydroxylation is 1. The molecule has 1 aromatic heterocycles. The molecule has 2 rings (SSSR count). The molecule has 0 aliphatic heterocycles. The van der Waals surface area contributed by atoms with E-state index in [0.29, 0.717) is 12.0 Å². The Morgan fingerprint density at radius 3 is 2.29 bits per heavy atom. The molecule has 0 radical (unpaired) electrons. The molecule has 0 bridgehead atoms. The van der Waals surface area contributed by atoms with E-state index in [0.717, 1.165) is 12.2 Å². The quantitative estimate of drug-likeness (QED) is 0.799. The number of nitrogens with zero attached hydrogens (tertiary/aromatic N) is 1. The van der Waals surface area contributed by atoms with Crippen LogP contribution in [-0.2, 0) is 6.54 Å². The van der Waals surface area contributed by atoms with Crippen LogP contribution in [0.4, 0.5) is 0 Å². The van der Waals surface area contributed by atoms with Gasteiger partial charge in [0.15, 0.2) is 0 Å². The normalized spacial score (nSPS) is 12.6. The van der Waals surface area contributed by atoms with Crippen LogP contribution in [0.15, 0.2) is 48.7 Å². The van der Waals surface area contributed by atoms with Gasteiger partial charge in [-0.3, -0.25) is 4.98 Å². The summed E-state index contributed by atoms with van der Waals surface area (Å²) in [5.74, 6) is 0.651. The van der Waals surface area contributed by atoms with Crippen molar-refractivity contribution in [3.8, 4) is 0 Å². The van der Waals surface area contributed by atoms with Crippen LogP contribution >= 0.6 is 0 Å². The van der Waals surface area contributed by atoms with Crippen molar-refractivity contribution < 1.29 is 0 Å². The van der Waals surface area contributed by atoms with E-state index in [1.54, 1.807) is 0 Å². The minimum Gasteiger partial charge on any atom is -0.304 e. The van der Waals surface area contributed by atoms with E-state index in [1.807, 2.05) is 6.20 Å². The third-order valence-corrected chi connectivity index (χ3v) is 4.15. The van der Waals surface area contributed by atoms with Crippen molar-refractivity contribution in [2.75, 3.05) is 0 Å². The van der Waals surface area contributed by atoms with Crippen LogP contribution in [0.1, 0.15) is 49.6 Å². The van der Waals surface area contributed by atoms with E-state index >= 15 is 0 Å². The molecule has 0 aliphatic carbocycles. The lowest BCUT2D eigenvalue weighted by Crippen LogP contribution is -2.28. The molecular formula is C19H26N2. The summed E-state index contributed by atoms with van der Waals surface area (Å²) in [5, 5.41) is 3.71. The van der Waals surface area contributed by atoms with Gasteiger partial charge in [0.2, 0.25) is 0 Å². The summed E-state index contributed by atoms with van der Waals surface area (Å²) in [6, 6.07) is 15.4. The van der Waals surface area contributed by atoms with Crippen LogP contribution in [0, 0.1) is 12.8 Å². The van der Waals surface area contributed by atoms with Crippen molar-refractivity contribution in [2.24, 2.45) is 5.92 Å². The maximum absolute atomic E-state index is 4.49. The van der Waals surface area contributed by atoms with Gasteiger partial charge in [0.25, 0.3) is 0 Å². The maximum atomic E-state index is 4.49. The second-order valence-electron chi connectivity index (χ2n) is 5.67. The van der Waals surface area contributed by atoms with E-state index in [2.05, 4.69) is 73.5 Å². The molecule has 0 amide bonds. The predicted molar refractivity (Wildman–Crippen MR) is 89.1 cm³/mol. The first kappa shape index (κ1) is 15.7. The fourth-order valence-electron chi connectivity index (χ4n) is 2.79. The Bertz CT molecular complexity index is 515. The van der Waals surface area contributed by atoms with Crippen molar-refractivity contribution in [2.45, 2.75) is 46.2 Å². The van der Waals surface area contributed by atoms with Crippen LogP contribution in [0.25, 0.3) is 0 Å². The Morgan fingerprint density at radius 2 is 1.71 bits per heavy atom. The Balaban J connectivity index is 2.10. The molecule has 2 nitrogen and oxygen atoms in total. The van der Waals surface area contributed by atoms with Gasteiger partial charge in [-0.15, -0.1) is 0 Å². The molecule has 1 unspecified atom stereocenters. The first-order valence-electron chi connectivity index (χ1n) is 7.94. The van der Waals surface area contributed by atoms with E-state index < -0.39 is 0 Å². The molecule has 2 aromatic rings. The number of nitrogens with one attached hydrogen (secondary N) is 1. The molecule has 112 valence electrons. The highest BCUT2D eigenvalue weighted by atomic mass is 14.9. The molecule has 1 atom stereocenters. The van der Waals surface area contributed by atoms with Gasteiger partial charge in [-0.25, -0.2) is 0 Å². The summed E-state index contributed by atoms with van der Waals surface area (Å²) in [6.07, 6.45) is 4.31. The molecule has 1 N–H and O–H groups in total. The molecule has 2 heteroatoms. The molecule has 21 heavy (non-hydrogen) atoms. The monoisotopic (exact) mass is 282 g/mol. The smallest absolute Gasteiger partial charge is 0.0542 e. The second kappa shape index (κ2) is 7.94. The fraction of sp³-hybridized carbons (Fsp3) is 0.421. The zero-order valence-corrected chi connectivity index (χ0v) is 13.3. The van der Waals surface area contributed by atoms with Gasteiger partial charge in [-0.2, -0.15) is 0 Å². The average molecular weight is 282 g/mol. The van der Waals surface area contributed by atoms with Gasteiger partial charge in [0, 0.05) is 18.8 Å². The number of aromatic nitrogens is 1. The number of hydrogen-bond donors (Lipinski definition) is 1. The first-order chi connectivity index (χ1) is 10.2. The van der Waals surface area contributed by atoms with E-state index in [4.69, 9.17) is 0 Å².